The smallest absolute Gasteiger partial charge is 0.338 e. The number of rotatable bonds is 9. The van der Waals surface area contributed by atoms with E-state index in [0.717, 1.165) is 40.2 Å². The summed E-state index contributed by atoms with van der Waals surface area (Å²) in [5.74, 6) is 0.459. The molecule has 1 unspecified atom stereocenters. The molecule has 2 aromatic carbocycles. The van der Waals surface area contributed by atoms with Crippen molar-refractivity contribution in [1.29, 1.82) is 0 Å². The van der Waals surface area contributed by atoms with Gasteiger partial charge in [-0.1, -0.05) is 62.4 Å². The highest BCUT2D eigenvalue weighted by molar-refractivity contribution is 5.97. The van der Waals surface area contributed by atoms with Gasteiger partial charge >= 0.3 is 5.97 Å². The topological polar surface area (TPSA) is 61.3 Å². The van der Waals surface area contributed by atoms with Gasteiger partial charge < -0.3 is 9.47 Å². The summed E-state index contributed by atoms with van der Waals surface area (Å²) < 4.78 is 11.5. The molecule has 4 rings (SSSR count). The van der Waals surface area contributed by atoms with Gasteiger partial charge in [0, 0.05) is 11.8 Å². The van der Waals surface area contributed by atoms with Crippen LogP contribution in [-0.2, 0) is 16.1 Å². The zero-order valence-corrected chi connectivity index (χ0v) is 20.2. The van der Waals surface area contributed by atoms with Crippen LogP contribution in [-0.4, -0.2) is 23.3 Å². The summed E-state index contributed by atoms with van der Waals surface area (Å²) in [7, 11) is 1.42. The van der Waals surface area contributed by atoms with Gasteiger partial charge in [-0.15, -0.1) is 0 Å². The Bertz CT molecular complexity index is 1080. The molecule has 1 fully saturated rings. The standard InChI is InChI=1S/C29H34N2O3/c1-21-8-6-7-11-25(21)27-18-23(12-14-26(27)29(32)33-2)20-34-28(24-16-17-30-31-19-24)15-13-22-9-4-3-5-10-22/h6-8,11-12,14,16-19,22,28H,3-5,9-10,13,15,20H2,1-2H3. The molecule has 1 heterocycles. The van der Waals surface area contributed by atoms with Crippen molar-refractivity contribution >= 4 is 5.97 Å². The molecule has 0 radical (unpaired) electrons. The van der Waals surface area contributed by atoms with Gasteiger partial charge in [0.15, 0.2) is 0 Å². The van der Waals surface area contributed by atoms with E-state index >= 15 is 0 Å². The highest BCUT2D eigenvalue weighted by Crippen LogP contribution is 2.33. The highest BCUT2D eigenvalue weighted by Gasteiger charge is 2.20. The van der Waals surface area contributed by atoms with Gasteiger partial charge in [-0.2, -0.15) is 10.2 Å². The van der Waals surface area contributed by atoms with E-state index in [0.29, 0.717) is 12.2 Å². The fraction of sp³-hybridized carbons (Fsp3) is 0.414. The van der Waals surface area contributed by atoms with Crippen molar-refractivity contribution in [3.8, 4) is 11.1 Å². The van der Waals surface area contributed by atoms with E-state index in [9.17, 15) is 4.79 Å². The van der Waals surface area contributed by atoms with Crippen molar-refractivity contribution in [3.63, 3.8) is 0 Å². The normalized spacial score (nSPS) is 15.1. The van der Waals surface area contributed by atoms with Crippen LogP contribution < -0.4 is 0 Å². The van der Waals surface area contributed by atoms with Gasteiger partial charge in [-0.05, 0) is 66.1 Å². The number of benzene rings is 2. The summed E-state index contributed by atoms with van der Waals surface area (Å²) in [5.41, 5.74) is 5.66. The van der Waals surface area contributed by atoms with Crippen LogP contribution in [0.3, 0.4) is 0 Å². The Morgan fingerprint density at radius 1 is 1.03 bits per heavy atom. The monoisotopic (exact) mass is 458 g/mol. The molecule has 178 valence electrons. The number of hydrogen-bond donors (Lipinski definition) is 0. The number of ether oxygens (including phenoxy) is 2. The maximum atomic E-state index is 12.5. The van der Waals surface area contributed by atoms with Gasteiger partial charge in [0.05, 0.1) is 31.6 Å². The first-order chi connectivity index (χ1) is 16.7. The van der Waals surface area contributed by atoms with Crippen LogP contribution in [0.15, 0.2) is 60.9 Å². The first-order valence-corrected chi connectivity index (χ1v) is 12.3. The summed E-state index contributed by atoms with van der Waals surface area (Å²) in [4.78, 5) is 12.5. The van der Waals surface area contributed by atoms with Crippen molar-refractivity contribution in [3.05, 3.63) is 83.2 Å². The van der Waals surface area contributed by atoms with Crippen molar-refractivity contribution < 1.29 is 14.3 Å². The SMILES string of the molecule is COC(=O)c1ccc(COC(CCC2CCCCC2)c2ccnnc2)cc1-c1ccccc1C. The molecular weight excluding hydrogens is 424 g/mol. The molecule has 1 atom stereocenters. The van der Waals surface area contributed by atoms with Crippen LogP contribution in [0.25, 0.3) is 11.1 Å². The lowest BCUT2D eigenvalue weighted by molar-refractivity contribution is 0.0281. The van der Waals surface area contributed by atoms with E-state index in [2.05, 4.69) is 29.3 Å². The maximum Gasteiger partial charge on any atom is 0.338 e. The van der Waals surface area contributed by atoms with E-state index in [1.807, 2.05) is 42.6 Å². The van der Waals surface area contributed by atoms with Crippen LogP contribution in [0.1, 0.15) is 78.1 Å². The number of aryl methyl sites for hydroxylation is 1. The Kier molecular flexibility index (Phi) is 8.42. The van der Waals surface area contributed by atoms with E-state index in [1.165, 1.54) is 45.6 Å². The second-order valence-corrected chi connectivity index (χ2v) is 9.24. The molecule has 0 saturated heterocycles. The predicted octanol–water partition coefficient (Wildman–Crippen LogP) is 6.86. The summed E-state index contributed by atoms with van der Waals surface area (Å²) >= 11 is 0. The van der Waals surface area contributed by atoms with Crippen LogP contribution in [0.2, 0.25) is 0 Å². The predicted molar refractivity (Wildman–Crippen MR) is 133 cm³/mol. The molecule has 5 heteroatoms. The summed E-state index contributed by atoms with van der Waals surface area (Å²) in [6.45, 7) is 2.51. The molecule has 0 bridgehead atoms. The quantitative estimate of drug-likeness (QED) is 0.328. The van der Waals surface area contributed by atoms with E-state index < -0.39 is 0 Å². The Hall–Kier alpha value is -3.05. The number of esters is 1. The second-order valence-electron chi connectivity index (χ2n) is 9.24. The third-order valence-corrected chi connectivity index (χ3v) is 6.92. The van der Waals surface area contributed by atoms with Gasteiger partial charge in [0.1, 0.15) is 0 Å². The molecule has 1 aliphatic carbocycles. The number of carbonyl (C=O) groups excluding carboxylic acids is 1. The number of methoxy groups -OCH3 is 1. The van der Waals surface area contributed by atoms with Crippen LogP contribution in [0.4, 0.5) is 0 Å². The van der Waals surface area contributed by atoms with Crippen LogP contribution in [0, 0.1) is 12.8 Å². The number of aromatic nitrogens is 2. The number of nitrogens with zero attached hydrogens (tertiary/aromatic N) is 2. The molecular formula is C29H34N2O3. The zero-order chi connectivity index (χ0) is 23.8. The molecule has 1 aliphatic rings. The largest absolute Gasteiger partial charge is 0.465 e. The Morgan fingerprint density at radius 2 is 1.85 bits per heavy atom. The molecule has 3 aromatic rings. The Morgan fingerprint density at radius 3 is 2.59 bits per heavy atom. The molecule has 0 N–H and O–H groups in total. The first-order valence-electron chi connectivity index (χ1n) is 12.3. The molecule has 0 spiro atoms. The summed E-state index contributed by atoms with van der Waals surface area (Å²) in [6, 6.07) is 15.9. The molecule has 0 amide bonds. The van der Waals surface area contributed by atoms with Crippen LogP contribution in [0.5, 0.6) is 0 Å². The minimum Gasteiger partial charge on any atom is -0.465 e. The van der Waals surface area contributed by atoms with Gasteiger partial charge in [-0.3, -0.25) is 0 Å². The third kappa shape index (κ3) is 6.09. The average molecular weight is 459 g/mol. The second kappa shape index (κ2) is 11.9. The summed E-state index contributed by atoms with van der Waals surface area (Å²) in [6.07, 6.45) is 12.4. The van der Waals surface area contributed by atoms with E-state index in [1.54, 1.807) is 6.20 Å². The first kappa shape index (κ1) is 24.1. The Balaban J connectivity index is 1.54. The van der Waals surface area contributed by atoms with Crippen molar-refractivity contribution in [2.75, 3.05) is 7.11 Å². The van der Waals surface area contributed by atoms with Crippen LogP contribution >= 0.6 is 0 Å². The number of carbonyl (C=O) groups is 1. The summed E-state index contributed by atoms with van der Waals surface area (Å²) in [5, 5.41) is 8.01. The molecule has 5 nitrogen and oxygen atoms in total. The van der Waals surface area contributed by atoms with Crippen molar-refractivity contribution in [2.24, 2.45) is 5.92 Å². The fourth-order valence-electron chi connectivity index (χ4n) is 4.96. The van der Waals surface area contributed by atoms with Crippen molar-refractivity contribution in [2.45, 2.75) is 64.6 Å². The third-order valence-electron chi connectivity index (χ3n) is 6.92. The molecule has 0 aliphatic heterocycles. The zero-order valence-electron chi connectivity index (χ0n) is 20.2. The van der Waals surface area contributed by atoms with E-state index in [4.69, 9.17) is 9.47 Å². The highest BCUT2D eigenvalue weighted by atomic mass is 16.5. The fourth-order valence-corrected chi connectivity index (χ4v) is 4.96. The molecule has 1 aromatic heterocycles. The average Bonchev–Trinajstić information content (AvgIpc) is 2.89. The minimum absolute atomic E-state index is 0.0281. The van der Waals surface area contributed by atoms with Gasteiger partial charge in [0.2, 0.25) is 0 Å². The number of hydrogen-bond acceptors (Lipinski definition) is 5. The Labute approximate surface area is 202 Å². The van der Waals surface area contributed by atoms with E-state index in [-0.39, 0.29) is 12.1 Å². The lowest BCUT2D eigenvalue weighted by Crippen LogP contribution is -2.11. The molecule has 34 heavy (non-hydrogen) atoms. The lowest BCUT2D eigenvalue weighted by atomic mass is 9.85. The maximum absolute atomic E-state index is 12.5. The van der Waals surface area contributed by atoms with Crippen molar-refractivity contribution in [1.82, 2.24) is 10.2 Å². The van der Waals surface area contributed by atoms with Gasteiger partial charge in [-0.25, -0.2) is 4.79 Å². The van der Waals surface area contributed by atoms with Gasteiger partial charge in [0.25, 0.3) is 0 Å². The minimum atomic E-state index is -0.334. The lowest BCUT2D eigenvalue weighted by Gasteiger charge is -2.24. The molecule has 1 saturated carbocycles.